The molecule has 0 amide bonds. The minimum absolute atomic E-state index is 0.00206. The third-order valence-electron chi connectivity index (χ3n) is 2.11. The van der Waals surface area contributed by atoms with Gasteiger partial charge in [0.2, 0.25) is 0 Å². The van der Waals surface area contributed by atoms with E-state index in [4.69, 9.17) is 11.5 Å². The second kappa shape index (κ2) is 8.41. The van der Waals surface area contributed by atoms with Gasteiger partial charge in [-0.1, -0.05) is 12.8 Å². The number of hydrogen-bond donors (Lipinski definition) is 2. The highest BCUT2D eigenvalue weighted by atomic mass is 32.1. The van der Waals surface area contributed by atoms with Crippen LogP contribution in [0.4, 0.5) is 0 Å². The molecule has 4 N–H and O–H groups in total. The molecule has 4 heteroatoms. The Balaban J connectivity index is 3.51. The summed E-state index contributed by atoms with van der Waals surface area (Å²) in [5.41, 5.74) is 10.7. The Morgan fingerprint density at radius 1 is 1.08 bits per heavy atom. The molecule has 3 nitrogen and oxygen atoms in total. The van der Waals surface area contributed by atoms with Crippen molar-refractivity contribution in [1.29, 1.82) is 0 Å². The van der Waals surface area contributed by atoms with Gasteiger partial charge < -0.3 is 28.9 Å². The molecule has 0 aromatic carbocycles. The molecule has 0 spiro atoms. The number of carbonyl (C=O) groups is 1. The van der Waals surface area contributed by atoms with Crippen LogP contribution in [0, 0.1) is 5.92 Å². The summed E-state index contributed by atoms with van der Waals surface area (Å²) >= 11 is 4.62. The molecule has 78 valence electrons. The molecule has 0 fully saturated rings. The van der Waals surface area contributed by atoms with Gasteiger partial charge in [0.25, 0.3) is 0 Å². The predicted octanol–water partition coefficient (Wildman–Crippen LogP) is 0.544. The topological polar surface area (TPSA) is 69.1 Å². The summed E-state index contributed by atoms with van der Waals surface area (Å²) in [5.74, 6) is -0.00206. The van der Waals surface area contributed by atoms with E-state index in [0.717, 1.165) is 38.6 Å². The fourth-order valence-corrected chi connectivity index (χ4v) is 1.53. The molecule has 0 heterocycles. The summed E-state index contributed by atoms with van der Waals surface area (Å²) < 4.78 is 0. The number of hydrogen-bond acceptors (Lipinski definition) is 4. The quantitative estimate of drug-likeness (QED) is 0.446. The van der Waals surface area contributed by atoms with Gasteiger partial charge in [-0.2, -0.15) is 0 Å². The molecule has 0 aliphatic carbocycles. The van der Waals surface area contributed by atoms with E-state index in [-0.39, 0.29) is 11.0 Å². The van der Waals surface area contributed by atoms with Gasteiger partial charge in [0.05, 0.1) is 0 Å². The molecular weight excluding hydrogens is 184 g/mol. The van der Waals surface area contributed by atoms with Gasteiger partial charge in [0.15, 0.2) is 0 Å². The lowest BCUT2D eigenvalue weighted by Gasteiger charge is -2.17. The maximum atomic E-state index is 10.9. The van der Waals surface area contributed by atoms with Gasteiger partial charge in [0, 0.05) is 5.12 Å². The van der Waals surface area contributed by atoms with Crippen LogP contribution >= 0.6 is 0 Å². The first-order chi connectivity index (χ1) is 6.22. The molecule has 0 aliphatic rings. The van der Waals surface area contributed by atoms with E-state index in [2.05, 4.69) is 12.6 Å². The van der Waals surface area contributed by atoms with E-state index >= 15 is 0 Å². The van der Waals surface area contributed by atoms with Crippen molar-refractivity contribution < 1.29 is 4.79 Å². The third-order valence-corrected chi connectivity index (χ3v) is 2.44. The zero-order chi connectivity index (χ0) is 10.1. The first-order valence-electron chi connectivity index (χ1n) is 4.83. The van der Waals surface area contributed by atoms with Crippen LogP contribution in [0.15, 0.2) is 0 Å². The van der Waals surface area contributed by atoms with Gasteiger partial charge in [-0.3, -0.25) is 0 Å². The Morgan fingerprint density at radius 2 is 1.77 bits per heavy atom. The minimum atomic E-state index is -0.141. The Morgan fingerprint density at radius 3 is 2.23 bits per heavy atom. The zero-order valence-corrected chi connectivity index (χ0v) is 8.81. The van der Waals surface area contributed by atoms with Crippen molar-refractivity contribution in [3.8, 4) is 0 Å². The van der Waals surface area contributed by atoms with Crippen LogP contribution in [0.3, 0.4) is 0 Å². The molecule has 0 aliphatic heterocycles. The van der Waals surface area contributed by atoms with Crippen LogP contribution in [-0.4, -0.2) is 18.2 Å². The molecule has 0 radical (unpaired) electrons. The maximum absolute atomic E-state index is 10.9. The number of nitrogens with two attached hydrogens (primary N) is 2. The first kappa shape index (κ1) is 12.8. The highest BCUT2D eigenvalue weighted by molar-refractivity contribution is 7.77. The van der Waals surface area contributed by atoms with Crippen molar-refractivity contribution in [2.75, 3.05) is 13.1 Å². The average Bonchev–Trinajstić information content (AvgIpc) is 2.10. The molecule has 0 aromatic rings. The lowest BCUT2D eigenvalue weighted by molar-refractivity contribution is -0.114. The van der Waals surface area contributed by atoms with Crippen LogP contribution < -0.4 is 11.5 Å². The predicted molar refractivity (Wildman–Crippen MR) is 57.1 cm³/mol. The van der Waals surface area contributed by atoms with Gasteiger partial charge in [-0.25, -0.2) is 0 Å². The van der Waals surface area contributed by atoms with E-state index in [0.29, 0.717) is 6.54 Å². The lowest BCUT2D eigenvalue weighted by Crippen LogP contribution is -2.16. The Bertz CT molecular complexity index is 142. The van der Waals surface area contributed by atoms with Crippen molar-refractivity contribution >= 4 is 17.7 Å². The van der Waals surface area contributed by atoms with E-state index < -0.39 is 0 Å². The summed E-state index contributed by atoms with van der Waals surface area (Å²) in [6, 6.07) is 0. The average molecular weight is 203 g/mol. The Labute approximate surface area is 85.7 Å². The minimum Gasteiger partial charge on any atom is -0.742 e. The molecule has 1 atom stereocenters. The summed E-state index contributed by atoms with van der Waals surface area (Å²) in [4.78, 5) is 10.9. The normalized spacial score (nSPS) is 12.8. The number of rotatable bonds is 8. The largest absolute Gasteiger partial charge is 0.742 e. The van der Waals surface area contributed by atoms with Crippen LogP contribution in [0.5, 0.6) is 0 Å². The monoisotopic (exact) mass is 203 g/mol. The molecule has 0 saturated carbocycles. The molecule has 1 unspecified atom stereocenters. The lowest BCUT2D eigenvalue weighted by atomic mass is 9.99. The van der Waals surface area contributed by atoms with Gasteiger partial charge >= 0.3 is 0 Å². The number of unbranched alkanes of at least 4 members (excludes halogenated alkanes) is 2. The van der Waals surface area contributed by atoms with Crippen molar-refractivity contribution in [2.24, 2.45) is 17.4 Å². The Kier molecular flexibility index (Phi) is 8.29. The van der Waals surface area contributed by atoms with E-state index in [1.807, 2.05) is 0 Å². The smallest absolute Gasteiger partial charge is 0.0151 e. The summed E-state index contributed by atoms with van der Waals surface area (Å²) in [6.07, 6.45) is 4.75. The van der Waals surface area contributed by atoms with Crippen molar-refractivity contribution in [2.45, 2.75) is 32.1 Å². The molecule has 0 bridgehead atoms. The van der Waals surface area contributed by atoms with E-state index in [1.54, 1.807) is 0 Å². The standard InChI is InChI=1S/C9H20N2OS/c10-6-3-1-2-4-8(5-7-11)9(12)13/h8H,1-7,10-11H2,(H,12,13)/p-1. The van der Waals surface area contributed by atoms with Crippen LogP contribution in [0.1, 0.15) is 32.1 Å². The highest BCUT2D eigenvalue weighted by Crippen LogP contribution is 2.13. The van der Waals surface area contributed by atoms with Crippen molar-refractivity contribution in [3.63, 3.8) is 0 Å². The van der Waals surface area contributed by atoms with Gasteiger partial charge in [-0.15, -0.1) is 0 Å². The fourth-order valence-electron chi connectivity index (χ4n) is 1.29. The third kappa shape index (κ3) is 6.93. The second-order valence-electron chi connectivity index (χ2n) is 3.23. The highest BCUT2D eigenvalue weighted by Gasteiger charge is 2.07. The van der Waals surface area contributed by atoms with Gasteiger partial charge in [0.1, 0.15) is 0 Å². The Hall–Kier alpha value is -0.190. The molecule has 13 heavy (non-hydrogen) atoms. The van der Waals surface area contributed by atoms with Crippen LogP contribution in [0.2, 0.25) is 0 Å². The zero-order valence-electron chi connectivity index (χ0n) is 8.00. The first-order valence-corrected chi connectivity index (χ1v) is 5.24. The molecule has 0 aromatic heterocycles. The van der Waals surface area contributed by atoms with E-state index in [1.165, 1.54) is 0 Å². The van der Waals surface area contributed by atoms with Crippen LogP contribution in [-0.2, 0) is 17.4 Å². The molecule has 0 saturated heterocycles. The second-order valence-corrected chi connectivity index (χ2v) is 3.63. The molecular formula is C9H19N2OS-. The van der Waals surface area contributed by atoms with Crippen molar-refractivity contribution in [1.82, 2.24) is 0 Å². The fraction of sp³-hybridized carbons (Fsp3) is 0.889. The summed E-state index contributed by atoms with van der Waals surface area (Å²) in [6.45, 7) is 1.27. The SMILES string of the molecule is NCCCCCC(CCN)C(=O)[S-]. The van der Waals surface area contributed by atoms with Gasteiger partial charge in [-0.05, 0) is 38.3 Å². The van der Waals surface area contributed by atoms with E-state index in [9.17, 15) is 4.79 Å². The molecule has 0 rings (SSSR count). The summed E-state index contributed by atoms with van der Waals surface area (Å²) in [5, 5.41) is -0.141. The van der Waals surface area contributed by atoms with Crippen molar-refractivity contribution in [3.05, 3.63) is 0 Å². The number of carbonyl (C=O) groups excluding carboxylic acids is 1. The van der Waals surface area contributed by atoms with Crippen LogP contribution in [0.25, 0.3) is 0 Å². The summed E-state index contributed by atoms with van der Waals surface area (Å²) in [7, 11) is 0. The maximum Gasteiger partial charge on any atom is 0.0151 e.